The van der Waals surface area contributed by atoms with Crippen molar-refractivity contribution in [3.8, 4) is 5.75 Å². The van der Waals surface area contributed by atoms with Gasteiger partial charge in [0.1, 0.15) is 23.0 Å². The first-order valence-corrected chi connectivity index (χ1v) is 9.64. The lowest BCUT2D eigenvalue weighted by atomic mass is 10.0. The standard InChI is InChI=1S/C20H18ClF4N3O/c1-11(17-13(21)3-2-4-14(17)22)10-29-15-7-8-28-16(9-12-5-6-12)26-27-19(28)18(15)20(23,24)25/h2-4,7-8,11-12H,5-6,9-10H2,1H3. The van der Waals surface area contributed by atoms with Crippen LogP contribution in [0.5, 0.6) is 5.75 Å². The number of pyridine rings is 1. The van der Waals surface area contributed by atoms with E-state index in [-0.39, 0.29) is 28.6 Å². The van der Waals surface area contributed by atoms with Gasteiger partial charge in [-0.1, -0.05) is 24.6 Å². The van der Waals surface area contributed by atoms with Gasteiger partial charge in [-0.3, -0.25) is 4.40 Å². The van der Waals surface area contributed by atoms with Crippen LogP contribution in [0.25, 0.3) is 5.65 Å². The molecule has 4 nitrogen and oxygen atoms in total. The SMILES string of the molecule is CC(COc1ccn2c(CC3CC3)nnc2c1C(F)(F)F)c1c(F)cccc1Cl. The van der Waals surface area contributed by atoms with Crippen molar-refractivity contribution in [1.29, 1.82) is 0 Å². The summed E-state index contributed by atoms with van der Waals surface area (Å²) in [6, 6.07) is 5.50. The summed E-state index contributed by atoms with van der Waals surface area (Å²) in [5, 5.41) is 7.92. The number of aromatic nitrogens is 3. The van der Waals surface area contributed by atoms with E-state index >= 15 is 0 Å². The summed E-state index contributed by atoms with van der Waals surface area (Å²) in [7, 11) is 0. The Labute approximate surface area is 169 Å². The summed E-state index contributed by atoms with van der Waals surface area (Å²) in [6.07, 6.45) is -0.488. The first-order valence-electron chi connectivity index (χ1n) is 9.26. The molecule has 2 heterocycles. The zero-order chi connectivity index (χ0) is 20.8. The van der Waals surface area contributed by atoms with Crippen molar-refractivity contribution in [2.75, 3.05) is 6.61 Å². The van der Waals surface area contributed by atoms with Crippen molar-refractivity contribution in [2.24, 2.45) is 5.92 Å². The van der Waals surface area contributed by atoms with Crippen LogP contribution in [0, 0.1) is 11.7 Å². The molecule has 3 aromatic rings. The Morgan fingerprint density at radius 1 is 1.24 bits per heavy atom. The predicted octanol–water partition coefficient (Wildman–Crippen LogP) is 5.68. The molecule has 1 unspecified atom stereocenters. The van der Waals surface area contributed by atoms with Crippen LogP contribution < -0.4 is 4.74 Å². The maximum atomic E-state index is 14.1. The fraction of sp³-hybridized carbons (Fsp3) is 0.400. The zero-order valence-electron chi connectivity index (χ0n) is 15.5. The molecule has 0 N–H and O–H groups in total. The summed E-state index contributed by atoms with van der Waals surface area (Å²) in [5.41, 5.74) is -1.07. The molecule has 154 valence electrons. The summed E-state index contributed by atoms with van der Waals surface area (Å²) < 4.78 is 62.3. The highest BCUT2D eigenvalue weighted by molar-refractivity contribution is 6.31. The number of rotatable bonds is 6. The van der Waals surface area contributed by atoms with Crippen LogP contribution in [-0.2, 0) is 12.6 Å². The van der Waals surface area contributed by atoms with Gasteiger partial charge in [-0.2, -0.15) is 13.2 Å². The molecular formula is C20H18ClF4N3O. The van der Waals surface area contributed by atoms with E-state index in [1.165, 1.54) is 34.9 Å². The number of hydrogen-bond acceptors (Lipinski definition) is 3. The Hall–Kier alpha value is -2.35. The minimum absolute atomic E-state index is 0.178. The fourth-order valence-corrected chi connectivity index (χ4v) is 3.72. The van der Waals surface area contributed by atoms with Crippen LogP contribution >= 0.6 is 11.6 Å². The second-order valence-corrected chi connectivity index (χ2v) is 7.76. The van der Waals surface area contributed by atoms with Gasteiger partial charge in [-0.15, -0.1) is 10.2 Å². The van der Waals surface area contributed by atoms with Crippen LogP contribution in [-0.4, -0.2) is 21.2 Å². The first-order chi connectivity index (χ1) is 13.8. The van der Waals surface area contributed by atoms with Crippen molar-refractivity contribution < 1.29 is 22.3 Å². The van der Waals surface area contributed by atoms with E-state index in [1.807, 2.05) is 0 Å². The van der Waals surface area contributed by atoms with Crippen molar-refractivity contribution in [2.45, 2.75) is 38.3 Å². The topological polar surface area (TPSA) is 39.4 Å². The minimum Gasteiger partial charge on any atom is -0.492 e. The minimum atomic E-state index is -4.68. The molecule has 2 aromatic heterocycles. The maximum absolute atomic E-state index is 14.1. The van der Waals surface area contributed by atoms with Crippen molar-refractivity contribution in [1.82, 2.24) is 14.6 Å². The second kappa shape index (κ2) is 7.48. The third kappa shape index (κ3) is 4.03. The molecule has 1 aliphatic rings. The molecule has 0 amide bonds. The van der Waals surface area contributed by atoms with E-state index < -0.39 is 23.5 Å². The van der Waals surface area contributed by atoms with Crippen molar-refractivity contribution >= 4 is 17.2 Å². The normalized spacial score (nSPS) is 15.7. The molecule has 1 aromatic carbocycles. The molecule has 29 heavy (non-hydrogen) atoms. The van der Waals surface area contributed by atoms with Gasteiger partial charge < -0.3 is 4.74 Å². The van der Waals surface area contributed by atoms with Gasteiger partial charge in [-0.05, 0) is 37.0 Å². The van der Waals surface area contributed by atoms with Crippen LogP contribution in [0.4, 0.5) is 17.6 Å². The van der Waals surface area contributed by atoms with E-state index in [2.05, 4.69) is 10.2 Å². The van der Waals surface area contributed by atoms with E-state index in [9.17, 15) is 17.6 Å². The van der Waals surface area contributed by atoms with Gasteiger partial charge in [0.15, 0.2) is 5.65 Å². The largest absolute Gasteiger partial charge is 0.492 e. The molecule has 0 aliphatic heterocycles. The van der Waals surface area contributed by atoms with E-state index in [4.69, 9.17) is 16.3 Å². The lowest BCUT2D eigenvalue weighted by molar-refractivity contribution is -0.138. The molecule has 0 spiro atoms. The smallest absolute Gasteiger partial charge is 0.423 e. The van der Waals surface area contributed by atoms with Crippen LogP contribution in [0.1, 0.15) is 42.6 Å². The Bertz CT molecular complexity index is 1030. The highest BCUT2D eigenvalue weighted by Crippen LogP contribution is 2.40. The van der Waals surface area contributed by atoms with Crippen LogP contribution in [0.3, 0.4) is 0 Å². The predicted molar refractivity (Wildman–Crippen MR) is 99.7 cm³/mol. The van der Waals surface area contributed by atoms with Gasteiger partial charge in [0.25, 0.3) is 0 Å². The fourth-order valence-electron chi connectivity index (χ4n) is 3.37. The van der Waals surface area contributed by atoms with Crippen LogP contribution in [0.15, 0.2) is 30.5 Å². The van der Waals surface area contributed by atoms with Gasteiger partial charge in [0.05, 0.1) is 6.61 Å². The number of alkyl halides is 3. The Kier molecular flexibility index (Phi) is 5.14. The molecule has 0 saturated heterocycles. The Morgan fingerprint density at radius 3 is 2.66 bits per heavy atom. The molecule has 0 radical (unpaired) electrons. The Morgan fingerprint density at radius 2 is 2.00 bits per heavy atom. The summed E-state index contributed by atoms with van der Waals surface area (Å²) >= 11 is 6.04. The quantitative estimate of drug-likeness (QED) is 0.475. The average molecular weight is 428 g/mol. The highest BCUT2D eigenvalue weighted by Gasteiger charge is 2.39. The zero-order valence-corrected chi connectivity index (χ0v) is 16.3. The summed E-state index contributed by atoms with van der Waals surface area (Å²) in [6.45, 7) is 1.46. The molecule has 1 atom stereocenters. The number of nitrogens with zero attached hydrogens (tertiary/aromatic N) is 3. The van der Waals surface area contributed by atoms with Crippen LogP contribution in [0.2, 0.25) is 5.02 Å². The molecule has 9 heteroatoms. The molecule has 0 bridgehead atoms. The van der Waals surface area contributed by atoms with Gasteiger partial charge >= 0.3 is 6.18 Å². The highest BCUT2D eigenvalue weighted by atomic mass is 35.5. The van der Waals surface area contributed by atoms with Gasteiger partial charge in [0, 0.05) is 29.1 Å². The summed E-state index contributed by atoms with van der Waals surface area (Å²) in [5.74, 6) is -0.480. The molecular weight excluding hydrogens is 410 g/mol. The van der Waals surface area contributed by atoms with Gasteiger partial charge in [0.2, 0.25) is 0 Å². The summed E-state index contributed by atoms with van der Waals surface area (Å²) in [4.78, 5) is 0. The third-order valence-electron chi connectivity index (χ3n) is 5.04. The maximum Gasteiger partial charge on any atom is 0.423 e. The van der Waals surface area contributed by atoms with E-state index in [1.54, 1.807) is 6.92 Å². The average Bonchev–Trinajstić information content (AvgIpc) is 3.37. The first kappa shape index (κ1) is 19.9. The van der Waals surface area contributed by atoms with Crippen molar-refractivity contribution in [3.05, 3.63) is 58.3 Å². The molecule has 1 fully saturated rings. The molecule has 1 aliphatic carbocycles. The molecule has 4 rings (SSSR count). The molecule has 1 saturated carbocycles. The number of ether oxygens (including phenoxy) is 1. The van der Waals surface area contributed by atoms with Gasteiger partial charge in [-0.25, -0.2) is 4.39 Å². The lowest BCUT2D eigenvalue weighted by Gasteiger charge is -2.19. The van der Waals surface area contributed by atoms with Crippen molar-refractivity contribution in [3.63, 3.8) is 0 Å². The second-order valence-electron chi connectivity index (χ2n) is 7.36. The number of hydrogen-bond donors (Lipinski definition) is 0. The number of fused-ring (bicyclic) bond motifs is 1. The lowest BCUT2D eigenvalue weighted by Crippen LogP contribution is -2.15. The van der Waals surface area contributed by atoms with E-state index in [0.717, 1.165) is 12.8 Å². The number of benzene rings is 1. The number of halogens is 5. The Balaban J connectivity index is 1.64. The third-order valence-corrected chi connectivity index (χ3v) is 5.37. The van der Waals surface area contributed by atoms with E-state index in [0.29, 0.717) is 18.2 Å². The monoisotopic (exact) mass is 427 g/mol.